The molecule has 1 aromatic heterocycles. The lowest BCUT2D eigenvalue weighted by atomic mass is 9.79. The number of hydrogen-bond acceptors (Lipinski definition) is 4. The van der Waals surface area contributed by atoms with Crippen LogP contribution >= 0.6 is 11.3 Å². The van der Waals surface area contributed by atoms with E-state index in [1.807, 2.05) is 30.3 Å². The number of carbonyl (C=O) groups excluding carboxylic acids is 1. The van der Waals surface area contributed by atoms with E-state index in [0.29, 0.717) is 5.41 Å². The van der Waals surface area contributed by atoms with Crippen molar-refractivity contribution in [2.75, 3.05) is 26.2 Å². The lowest BCUT2D eigenvalue weighted by Gasteiger charge is -2.40. The van der Waals surface area contributed by atoms with Crippen LogP contribution in [0, 0.1) is 5.41 Å². The van der Waals surface area contributed by atoms with Crippen LogP contribution < -0.4 is 5.32 Å². The highest BCUT2D eigenvalue weighted by molar-refractivity contribution is 7.09. The lowest BCUT2D eigenvalue weighted by Crippen LogP contribution is -2.47. The summed E-state index contributed by atoms with van der Waals surface area (Å²) in [6.07, 6.45) is 5.48. The van der Waals surface area contributed by atoms with Gasteiger partial charge in [-0.25, -0.2) is 9.78 Å². The SMILES string of the molecule is CC(C)NC(=O)N1CCC2(CCCN(Cc3nccs3)C2)C1. The van der Waals surface area contributed by atoms with Crippen molar-refractivity contribution in [2.24, 2.45) is 5.41 Å². The number of nitrogens with one attached hydrogen (secondary N) is 1. The first kappa shape index (κ1) is 15.7. The van der Waals surface area contributed by atoms with Crippen LogP contribution in [0.2, 0.25) is 0 Å². The first-order valence-corrected chi connectivity index (χ1v) is 9.10. The molecule has 6 heteroatoms. The molecule has 1 unspecified atom stereocenters. The molecule has 1 atom stereocenters. The van der Waals surface area contributed by atoms with Crippen molar-refractivity contribution in [3.63, 3.8) is 0 Å². The highest BCUT2D eigenvalue weighted by atomic mass is 32.1. The van der Waals surface area contributed by atoms with Gasteiger partial charge in [-0.2, -0.15) is 0 Å². The standard InChI is InChI=1S/C16H26N4OS/c1-13(2)18-15(21)20-8-5-16(12-20)4-3-7-19(11-16)10-14-17-6-9-22-14/h6,9,13H,3-5,7-8,10-12H2,1-2H3,(H,18,21). The number of aromatic nitrogens is 1. The van der Waals surface area contributed by atoms with E-state index in [1.54, 1.807) is 11.3 Å². The van der Waals surface area contributed by atoms with Crippen molar-refractivity contribution in [3.8, 4) is 0 Å². The van der Waals surface area contributed by atoms with E-state index < -0.39 is 0 Å². The van der Waals surface area contributed by atoms with Crippen LogP contribution in [0.4, 0.5) is 4.79 Å². The van der Waals surface area contributed by atoms with Crippen molar-refractivity contribution < 1.29 is 4.79 Å². The molecule has 3 rings (SSSR count). The van der Waals surface area contributed by atoms with Crippen LogP contribution in [0.3, 0.4) is 0 Å². The van der Waals surface area contributed by atoms with Crippen LogP contribution in [0.25, 0.3) is 0 Å². The van der Waals surface area contributed by atoms with Gasteiger partial charge in [0.05, 0.1) is 6.54 Å². The second-order valence-corrected chi connectivity index (χ2v) is 7.99. The van der Waals surface area contributed by atoms with Crippen molar-refractivity contribution in [2.45, 2.75) is 45.7 Å². The maximum absolute atomic E-state index is 12.2. The minimum atomic E-state index is 0.101. The molecule has 5 nitrogen and oxygen atoms in total. The smallest absolute Gasteiger partial charge is 0.317 e. The zero-order valence-corrected chi connectivity index (χ0v) is 14.4. The summed E-state index contributed by atoms with van der Waals surface area (Å²) in [6.45, 7) is 9.03. The van der Waals surface area contributed by atoms with E-state index >= 15 is 0 Å². The van der Waals surface area contributed by atoms with Crippen molar-refractivity contribution in [1.29, 1.82) is 0 Å². The maximum Gasteiger partial charge on any atom is 0.317 e. The summed E-state index contributed by atoms with van der Waals surface area (Å²) in [4.78, 5) is 21.1. The van der Waals surface area contributed by atoms with Crippen LogP contribution in [-0.2, 0) is 6.54 Å². The summed E-state index contributed by atoms with van der Waals surface area (Å²) in [5.74, 6) is 0. The van der Waals surface area contributed by atoms with Gasteiger partial charge in [0.2, 0.25) is 0 Å². The number of thiazole rings is 1. The molecule has 2 saturated heterocycles. The second kappa shape index (κ2) is 6.54. The first-order valence-electron chi connectivity index (χ1n) is 8.22. The molecule has 1 N–H and O–H groups in total. The Balaban J connectivity index is 1.58. The van der Waals surface area contributed by atoms with Crippen molar-refractivity contribution in [3.05, 3.63) is 16.6 Å². The lowest BCUT2D eigenvalue weighted by molar-refractivity contribution is 0.0896. The van der Waals surface area contributed by atoms with Crippen molar-refractivity contribution >= 4 is 17.4 Å². The molecule has 2 fully saturated rings. The summed E-state index contributed by atoms with van der Waals surface area (Å²) >= 11 is 1.73. The van der Waals surface area contributed by atoms with Gasteiger partial charge in [0, 0.05) is 42.7 Å². The predicted molar refractivity (Wildman–Crippen MR) is 88.9 cm³/mol. The van der Waals surface area contributed by atoms with E-state index in [2.05, 4.69) is 15.2 Å². The Labute approximate surface area is 136 Å². The molecule has 122 valence electrons. The Morgan fingerprint density at radius 3 is 3.00 bits per heavy atom. The number of urea groups is 1. The fraction of sp³-hybridized carbons (Fsp3) is 0.750. The molecule has 2 amide bonds. The highest BCUT2D eigenvalue weighted by Gasteiger charge is 2.42. The monoisotopic (exact) mass is 322 g/mol. The zero-order chi connectivity index (χ0) is 15.6. The number of amides is 2. The molecule has 0 radical (unpaired) electrons. The molecular formula is C16H26N4OS. The molecule has 22 heavy (non-hydrogen) atoms. The minimum Gasteiger partial charge on any atom is -0.336 e. The van der Waals surface area contributed by atoms with Gasteiger partial charge in [0.1, 0.15) is 5.01 Å². The summed E-state index contributed by atoms with van der Waals surface area (Å²) in [5, 5.41) is 6.26. The van der Waals surface area contributed by atoms with Gasteiger partial charge in [-0.1, -0.05) is 0 Å². The van der Waals surface area contributed by atoms with E-state index in [9.17, 15) is 4.79 Å². The third kappa shape index (κ3) is 3.60. The number of rotatable bonds is 3. The third-order valence-electron chi connectivity index (χ3n) is 4.72. The molecule has 2 aliphatic heterocycles. The van der Waals surface area contributed by atoms with Gasteiger partial charge < -0.3 is 10.2 Å². The number of likely N-dealkylation sites (tertiary alicyclic amines) is 2. The van der Waals surface area contributed by atoms with Gasteiger partial charge in [-0.15, -0.1) is 11.3 Å². The van der Waals surface area contributed by atoms with E-state index in [1.165, 1.54) is 17.8 Å². The Hall–Kier alpha value is -1.14. The molecule has 0 bridgehead atoms. The minimum absolute atomic E-state index is 0.101. The Kier molecular flexibility index (Phi) is 4.68. The third-order valence-corrected chi connectivity index (χ3v) is 5.48. The molecular weight excluding hydrogens is 296 g/mol. The average molecular weight is 322 g/mol. The summed E-state index contributed by atoms with van der Waals surface area (Å²) in [5.41, 5.74) is 0.295. The van der Waals surface area contributed by atoms with Gasteiger partial charge in [0.15, 0.2) is 0 Å². The number of piperidine rings is 1. The van der Waals surface area contributed by atoms with E-state index in [4.69, 9.17) is 0 Å². The number of carbonyl (C=O) groups is 1. The summed E-state index contributed by atoms with van der Waals surface area (Å²) < 4.78 is 0. The number of hydrogen-bond donors (Lipinski definition) is 1. The molecule has 0 aliphatic carbocycles. The van der Waals surface area contributed by atoms with Crippen molar-refractivity contribution in [1.82, 2.24) is 20.1 Å². The fourth-order valence-corrected chi connectivity index (χ4v) is 4.40. The topological polar surface area (TPSA) is 48.5 Å². The van der Waals surface area contributed by atoms with Crippen LogP contribution in [-0.4, -0.2) is 53.0 Å². The molecule has 0 aromatic carbocycles. The zero-order valence-electron chi connectivity index (χ0n) is 13.5. The second-order valence-electron chi connectivity index (χ2n) is 7.02. The summed E-state index contributed by atoms with van der Waals surface area (Å²) in [6, 6.07) is 0.306. The van der Waals surface area contributed by atoms with Crippen LogP contribution in [0.15, 0.2) is 11.6 Å². The molecule has 2 aliphatic rings. The Morgan fingerprint density at radius 2 is 2.27 bits per heavy atom. The maximum atomic E-state index is 12.2. The van der Waals surface area contributed by atoms with E-state index in [-0.39, 0.29) is 12.1 Å². The number of nitrogens with zero attached hydrogens (tertiary/aromatic N) is 3. The molecule has 3 heterocycles. The van der Waals surface area contributed by atoms with E-state index in [0.717, 1.165) is 39.1 Å². The van der Waals surface area contributed by atoms with Crippen LogP contribution in [0.5, 0.6) is 0 Å². The van der Waals surface area contributed by atoms with Gasteiger partial charge in [-0.05, 0) is 39.7 Å². The van der Waals surface area contributed by atoms with Crippen LogP contribution in [0.1, 0.15) is 38.1 Å². The normalized spacial score (nSPS) is 26.0. The highest BCUT2D eigenvalue weighted by Crippen LogP contribution is 2.39. The Bertz CT molecular complexity index is 504. The quantitative estimate of drug-likeness (QED) is 0.930. The van der Waals surface area contributed by atoms with Gasteiger partial charge in [-0.3, -0.25) is 4.90 Å². The Morgan fingerprint density at radius 1 is 1.41 bits per heavy atom. The first-order chi connectivity index (χ1) is 10.6. The molecule has 1 aromatic rings. The van der Waals surface area contributed by atoms with Gasteiger partial charge >= 0.3 is 6.03 Å². The molecule has 1 spiro atoms. The summed E-state index contributed by atoms with van der Waals surface area (Å²) in [7, 11) is 0. The largest absolute Gasteiger partial charge is 0.336 e. The average Bonchev–Trinajstić information content (AvgIpc) is 3.09. The molecule has 0 saturated carbocycles. The fourth-order valence-electron chi connectivity index (χ4n) is 3.75. The van der Waals surface area contributed by atoms with Gasteiger partial charge in [0.25, 0.3) is 0 Å². The predicted octanol–water partition coefficient (Wildman–Crippen LogP) is 2.55.